The SMILES string of the molecule is Cc1ccc(C#N)cc1S(=O)(=O)NC(CN)C1CCCCC1. The molecule has 22 heavy (non-hydrogen) atoms. The van der Waals surface area contributed by atoms with Gasteiger partial charge in [0, 0.05) is 12.6 Å². The maximum absolute atomic E-state index is 12.7. The molecule has 1 saturated carbocycles. The van der Waals surface area contributed by atoms with Gasteiger partial charge in [-0.3, -0.25) is 0 Å². The number of nitrogens with two attached hydrogens (primary N) is 1. The molecule has 0 amide bonds. The van der Waals surface area contributed by atoms with Crippen LogP contribution in [0.15, 0.2) is 23.1 Å². The van der Waals surface area contributed by atoms with Crippen LogP contribution in [0.4, 0.5) is 0 Å². The van der Waals surface area contributed by atoms with E-state index < -0.39 is 10.0 Å². The number of nitrogens with zero attached hydrogens (tertiary/aromatic N) is 1. The summed E-state index contributed by atoms with van der Waals surface area (Å²) in [4.78, 5) is 0.167. The van der Waals surface area contributed by atoms with Crippen LogP contribution in [0.1, 0.15) is 43.2 Å². The summed E-state index contributed by atoms with van der Waals surface area (Å²) in [5.74, 6) is 0.299. The zero-order valence-corrected chi connectivity index (χ0v) is 13.7. The van der Waals surface area contributed by atoms with Gasteiger partial charge in [-0.2, -0.15) is 5.26 Å². The molecule has 1 aromatic carbocycles. The Morgan fingerprint density at radius 2 is 2.05 bits per heavy atom. The minimum atomic E-state index is -3.67. The molecule has 0 aromatic heterocycles. The number of nitrogens with one attached hydrogen (secondary N) is 1. The predicted octanol–water partition coefficient (Wildman–Crippen LogP) is 2.05. The van der Waals surface area contributed by atoms with Crippen LogP contribution in [0.2, 0.25) is 0 Å². The molecule has 0 saturated heterocycles. The minimum Gasteiger partial charge on any atom is -0.329 e. The van der Waals surface area contributed by atoms with Gasteiger partial charge < -0.3 is 5.73 Å². The molecule has 1 aromatic rings. The lowest BCUT2D eigenvalue weighted by Gasteiger charge is -2.30. The first-order valence-corrected chi connectivity index (χ1v) is 9.19. The van der Waals surface area contributed by atoms with Crippen LogP contribution >= 0.6 is 0 Å². The molecule has 3 N–H and O–H groups in total. The molecule has 0 bridgehead atoms. The van der Waals surface area contributed by atoms with E-state index in [1.807, 2.05) is 6.07 Å². The van der Waals surface area contributed by atoms with Gasteiger partial charge in [-0.05, 0) is 43.4 Å². The van der Waals surface area contributed by atoms with Crippen molar-refractivity contribution in [2.75, 3.05) is 6.54 Å². The van der Waals surface area contributed by atoms with Gasteiger partial charge in [-0.15, -0.1) is 0 Å². The summed E-state index contributed by atoms with van der Waals surface area (Å²) in [5.41, 5.74) is 6.77. The zero-order valence-electron chi connectivity index (χ0n) is 12.9. The van der Waals surface area contributed by atoms with Crippen LogP contribution in [-0.4, -0.2) is 21.0 Å². The second kappa shape index (κ2) is 7.23. The van der Waals surface area contributed by atoms with Gasteiger partial charge in [-0.1, -0.05) is 25.3 Å². The van der Waals surface area contributed by atoms with Crippen LogP contribution in [0.5, 0.6) is 0 Å². The van der Waals surface area contributed by atoms with Crippen LogP contribution in [0, 0.1) is 24.2 Å². The van der Waals surface area contributed by atoms with E-state index in [-0.39, 0.29) is 10.9 Å². The Kier molecular flexibility index (Phi) is 5.57. The molecule has 0 heterocycles. The van der Waals surface area contributed by atoms with Crippen molar-refractivity contribution in [3.63, 3.8) is 0 Å². The van der Waals surface area contributed by atoms with Gasteiger partial charge in [0.1, 0.15) is 0 Å². The van der Waals surface area contributed by atoms with Crippen LogP contribution in [0.25, 0.3) is 0 Å². The van der Waals surface area contributed by atoms with Crippen molar-refractivity contribution in [1.29, 1.82) is 5.26 Å². The summed E-state index contributed by atoms with van der Waals surface area (Å²) in [5, 5.41) is 8.97. The van der Waals surface area contributed by atoms with E-state index >= 15 is 0 Å². The molecule has 6 heteroatoms. The number of sulfonamides is 1. The van der Waals surface area contributed by atoms with E-state index in [0.717, 1.165) is 25.7 Å². The Morgan fingerprint density at radius 1 is 1.36 bits per heavy atom. The van der Waals surface area contributed by atoms with Gasteiger partial charge in [-0.25, -0.2) is 13.1 Å². The summed E-state index contributed by atoms with van der Waals surface area (Å²) in [6.45, 7) is 2.02. The molecule has 0 spiro atoms. The van der Waals surface area contributed by atoms with Crippen molar-refractivity contribution in [2.24, 2.45) is 11.7 Å². The third-order valence-corrected chi connectivity index (χ3v) is 6.02. The number of aryl methyl sites for hydroxylation is 1. The standard InChI is InChI=1S/C16H23N3O2S/c1-12-7-8-13(10-17)9-16(12)22(20,21)19-15(11-18)14-5-3-2-4-6-14/h7-9,14-15,19H,2-6,11,18H2,1H3. The van der Waals surface area contributed by atoms with E-state index in [0.29, 0.717) is 23.6 Å². The molecule has 0 radical (unpaired) electrons. The number of hydrogen-bond acceptors (Lipinski definition) is 4. The summed E-state index contributed by atoms with van der Waals surface area (Å²) < 4.78 is 28.1. The molecule has 120 valence electrons. The van der Waals surface area contributed by atoms with Crippen LogP contribution in [-0.2, 0) is 10.0 Å². The lowest BCUT2D eigenvalue weighted by atomic mass is 9.84. The molecule has 1 aliphatic carbocycles. The molecule has 1 unspecified atom stereocenters. The van der Waals surface area contributed by atoms with Gasteiger partial charge in [0.05, 0.1) is 16.5 Å². The second-order valence-electron chi connectivity index (χ2n) is 5.95. The first kappa shape index (κ1) is 16.9. The van der Waals surface area contributed by atoms with Crippen LogP contribution < -0.4 is 10.5 Å². The van der Waals surface area contributed by atoms with E-state index in [9.17, 15) is 8.42 Å². The van der Waals surface area contributed by atoms with Crippen molar-refractivity contribution < 1.29 is 8.42 Å². The monoisotopic (exact) mass is 321 g/mol. The number of hydrogen-bond donors (Lipinski definition) is 2. The largest absolute Gasteiger partial charge is 0.329 e. The summed E-state index contributed by atoms with van der Waals surface area (Å²) in [6.07, 6.45) is 5.50. The topological polar surface area (TPSA) is 96.0 Å². The number of nitriles is 1. The third kappa shape index (κ3) is 3.86. The smallest absolute Gasteiger partial charge is 0.241 e. The van der Waals surface area contributed by atoms with Crippen molar-refractivity contribution in [1.82, 2.24) is 4.72 Å². The van der Waals surface area contributed by atoms with Crippen molar-refractivity contribution in [3.8, 4) is 6.07 Å². The first-order chi connectivity index (χ1) is 10.5. The summed E-state index contributed by atoms with van der Waals surface area (Å²) in [7, 11) is -3.67. The Labute approximate surface area is 132 Å². The van der Waals surface area contributed by atoms with Crippen LogP contribution in [0.3, 0.4) is 0 Å². The highest BCUT2D eigenvalue weighted by Crippen LogP contribution is 2.27. The average molecular weight is 321 g/mol. The van der Waals surface area contributed by atoms with Gasteiger partial charge in [0.2, 0.25) is 10.0 Å². The Balaban J connectivity index is 2.24. The first-order valence-electron chi connectivity index (χ1n) is 7.71. The Hall–Kier alpha value is -1.42. The highest BCUT2D eigenvalue weighted by atomic mass is 32.2. The number of rotatable bonds is 5. The van der Waals surface area contributed by atoms with E-state index in [4.69, 9.17) is 11.0 Å². The predicted molar refractivity (Wildman–Crippen MR) is 85.6 cm³/mol. The molecule has 2 rings (SSSR count). The van der Waals surface area contributed by atoms with E-state index in [1.54, 1.807) is 19.1 Å². The maximum Gasteiger partial charge on any atom is 0.241 e. The van der Waals surface area contributed by atoms with Crippen molar-refractivity contribution in [2.45, 2.75) is 50.0 Å². The molecular weight excluding hydrogens is 298 g/mol. The quantitative estimate of drug-likeness (QED) is 0.867. The van der Waals surface area contributed by atoms with E-state index in [2.05, 4.69) is 4.72 Å². The van der Waals surface area contributed by atoms with Crippen molar-refractivity contribution >= 4 is 10.0 Å². The third-order valence-electron chi connectivity index (χ3n) is 4.39. The average Bonchev–Trinajstić information content (AvgIpc) is 2.53. The maximum atomic E-state index is 12.7. The Bertz CT molecular complexity index is 658. The lowest BCUT2D eigenvalue weighted by molar-refractivity contribution is 0.294. The minimum absolute atomic E-state index is 0.167. The molecule has 1 atom stereocenters. The summed E-state index contributed by atoms with van der Waals surface area (Å²) >= 11 is 0. The highest BCUT2D eigenvalue weighted by molar-refractivity contribution is 7.89. The molecular formula is C16H23N3O2S. The summed E-state index contributed by atoms with van der Waals surface area (Å²) in [6, 6.07) is 6.44. The van der Waals surface area contributed by atoms with Crippen molar-refractivity contribution in [3.05, 3.63) is 29.3 Å². The molecule has 1 fully saturated rings. The zero-order chi connectivity index (χ0) is 16.2. The Morgan fingerprint density at radius 3 is 2.64 bits per heavy atom. The van der Waals surface area contributed by atoms with Gasteiger partial charge in [0.15, 0.2) is 0 Å². The fraction of sp³-hybridized carbons (Fsp3) is 0.562. The van der Waals surface area contributed by atoms with E-state index in [1.165, 1.54) is 12.5 Å². The lowest BCUT2D eigenvalue weighted by Crippen LogP contribution is -2.45. The number of benzene rings is 1. The highest BCUT2D eigenvalue weighted by Gasteiger charge is 2.28. The molecule has 5 nitrogen and oxygen atoms in total. The fourth-order valence-electron chi connectivity index (χ4n) is 3.10. The fourth-order valence-corrected chi connectivity index (χ4v) is 4.68. The van der Waals surface area contributed by atoms with Gasteiger partial charge in [0.25, 0.3) is 0 Å². The molecule has 1 aliphatic rings. The van der Waals surface area contributed by atoms with Gasteiger partial charge >= 0.3 is 0 Å². The normalized spacial score (nSPS) is 17.9. The second-order valence-corrected chi connectivity index (χ2v) is 7.64. The molecule has 0 aliphatic heterocycles.